The van der Waals surface area contributed by atoms with Crippen molar-refractivity contribution in [1.82, 2.24) is 19.9 Å². The van der Waals surface area contributed by atoms with Crippen LogP contribution in [0.15, 0.2) is 53.1 Å². The van der Waals surface area contributed by atoms with Crippen LogP contribution < -0.4 is 4.90 Å². The maximum absolute atomic E-state index is 13.1. The van der Waals surface area contributed by atoms with Crippen LogP contribution in [-0.2, 0) is 11.3 Å². The van der Waals surface area contributed by atoms with Gasteiger partial charge in [-0.2, -0.15) is 4.98 Å². The van der Waals surface area contributed by atoms with Gasteiger partial charge in [-0.1, -0.05) is 52.7 Å². The Morgan fingerprint density at radius 3 is 2.47 bits per heavy atom. The number of amides is 1. The summed E-state index contributed by atoms with van der Waals surface area (Å²) in [4.78, 5) is 24.3. The molecule has 0 unspecified atom stereocenters. The van der Waals surface area contributed by atoms with Gasteiger partial charge in [0.25, 0.3) is 0 Å². The zero-order chi connectivity index (χ0) is 23.5. The third kappa shape index (κ3) is 5.26. The molecule has 5 rings (SSSR count). The lowest BCUT2D eigenvalue weighted by Crippen LogP contribution is -2.51. The van der Waals surface area contributed by atoms with Gasteiger partial charge in [0.15, 0.2) is 0 Å². The van der Waals surface area contributed by atoms with Crippen LogP contribution in [0.4, 0.5) is 5.69 Å². The van der Waals surface area contributed by atoms with E-state index >= 15 is 0 Å². The summed E-state index contributed by atoms with van der Waals surface area (Å²) in [7, 11) is 0. The van der Waals surface area contributed by atoms with Crippen LogP contribution in [0.25, 0.3) is 11.4 Å². The summed E-state index contributed by atoms with van der Waals surface area (Å²) in [5.41, 5.74) is 3.28. The molecule has 0 radical (unpaired) electrons. The number of hydrogen-bond acceptors (Lipinski definition) is 6. The van der Waals surface area contributed by atoms with E-state index < -0.39 is 0 Å². The lowest BCUT2D eigenvalue weighted by Gasteiger charge is -2.39. The Balaban J connectivity index is 1.09. The fourth-order valence-corrected chi connectivity index (χ4v) is 4.97. The Morgan fingerprint density at radius 2 is 1.76 bits per heavy atom. The number of hydrogen-bond donors (Lipinski definition) is 0. The highest BCUT2D eigenvalue weighted by molar-refractivity contribution is 6.30. The van der Waals surface area contributed by atoms with Crippen molar-refractivity contribution >= 4 is 23.2 Å². The Morgan fingerprint density at radius 1 is 1.03 bits per heavy atom. The first kappa shape index (κ1) is 22.9. The van der Waals surface area contributed by atoms with Crippen molar-refractivity contribution in [3.8, 4) is 11.4 Å². The average Bonchev–Trinajstić information content (AvgIpc) is 3.33. The lowest BCUT2D eigenvalue weighted by molar-refractivity contribution is -0.137. The third-order valence-corrected chi connectivity index (χ3v) is 7.07. The fraction of sp³-hybridized carbons (Fsp3) is 0.423. The molecule has 3 heterocycles. The molecule has 8 heteroatoms. The van der Waals surface area contributed by atoms with Crippen LogP contribution in [0.3, 0.4) is 0 Å². The molecule has 1 aromatic heterocycles. The van der Waals surface area contributed by atoms with Crippen molar-refractivity contribution in [3.63, 3.8) is 0 Å². The summed E-state index contributed by atoms with van der Waals surface area (Å²) in [6, 6.07) is 16.0. The number of piperidine rings is 1. The van der Waals surface area contributed by atoms with Crippen LogP contribution in [0, 0.1) is 12.8 Å². The predicted molar refractivity (Wildman–Crippen MR) is 133 cm³/mol. The summed E-state index contributed by atoms with van der Waals surface area (Å²) in [6.07, 6.45) is 1.73. The van der Waals surface area contributed by atoms with E-state index in [4.69, 9.17) is 16.1 Å². The summed E-state index contributed by atoms with van der Waals surface area (Å²) in [5, 5.41) is 4.88. The van der Waals surface area contributed by atoms with Crippen LogP contribution in [0.5, 0.6) is 0 Å². The predicted octanol–water partition coefficient (Wildman–Crippen LogP) is 4.26. The van der Waals surface area contributed by atoms with Crippen LogP contribution in [-0.4, -0.2) is 65.1 Å². The number of rotatable bonds is 5. The van der Waals surface area contributed by atoms with Gasteiger partial charge in [-0.3, -0.25) is 9.69 Å². The summed E-state index contributed by atoms with van der Waals surface area (Å²) in [5.74, 6) is 1.64. The maximum atomic E-state index is 13.1. The molecular weight excluding hydrogens is 450 g/mol. The smallest absolute Gasteiger partial charge is 0.241 e. The summed E-state index contributed by atoms with van der Waals surface area (Å²) < 4.78 is 5.48. The first-order chi connectivity index (χ1) is 16.5. The van der Waals surface area contributed by atoms with Crippen molar-refractivity contribution in [1.29, 1.82) is 0 Å². The quantitative estimate of drug-likeness (QED) is 0.544. The number of nitrogens with zero attached hydrogens (tertiary/aromatic N) is 5. The number of piperazine rings is 1. The maximum Gasteiger partial charge on any atom is 0.241 e. The molecule has 1 amide bonds. The number of aryl methyl sites for hydroxylation is 1. The first-order valence-electron chi connectivity index (χ1n) is 12.0. The second-order valence-corrected chi connectivity index (χ2v) is 9.66. The van der Waals surface area contributed by atoms with Crippen LogP contribution in [0.2, 0.25) is 5.02 Å². The van der Waals surface area contributed by atoms with Gasteiger partial charge in [-0.15, -0.1) is 0 Å². The molecule has 0 spiro atoms. The van der Waals surface area contributed by atoms with E-state index in [9.17, 15) is 4.79 Å². The van der Waals surface area contributed by atoms with Gasteiger partial charge in [0.2, 0.25) is 17.6 Å². The normalized spacial score (nSPS) is 17.8. The van der Waals surface area contributed by atoms with E-state index in [0.717, 1.165) is 68.4 Å². The molecule has 0 bridgehead atoms. The monoisotopic (exact) mass is 479 g/mol. The van der Waals surface area contributed by atoms with Crippen molar-refractivity contribution < 1.29 is 9.32 Å². The van der Waals surface area contributed by atoms with Crippen molar-refractivity contribution in [2.75, 3.05) is 44.2 Å². The van der Waals surface area contributed by atoms with E-state index in [2.05, 4.69) is 32.9 Å². The summed E-state index contributed by atoms with van der Waals surface area (Å²) >= 11 is 6.13. The van der Waals surface area contributed by atoms with Gasteiger partial charge >= 0.3 is 0 Å². The Labute approximate surface area is 205 Å². The second-order valence-electron chi connectivity index (χ2n) is 9.22. The number of halogens is 1. The highest BCUT2D eigenvalue weighted by Gasteiger charge is 2.31. The van der Waals surface area contributed by atoms with Crippen LogP contribution >= 0.6 is 11.6 Å². The molecule has 2 saturated heterocycles. The largest absolute Gasteiger partial charge is 0.368 e. The molecule has 34 heavy (non-hydrogen) atoms. The molecule has 178 valence electrons. The van der Waals surface area contributed by atoms with E-state index in [-0.39, 0.29) is 5.92 Å². The second kappa shape index (κ2) is 10.2. The van der Waals surface area contributed by atoms with E-state index in [1.807, 2.05) is 47.4 Å². The molecule has 0 aliphatic carbocycles. The molecule has 2 aliphatic rings. The highest BCUT2D eigenvalue weighted by Crippen LogP contribution is 2.25. The molecule has 2 aromatic carbocycles. The molecule has 3 aromatic rings. The van der Waals surface area contributed by atoms with Gasteiger partial charge in [-0.05, 0) is 51.1 Å². The SMILES string of the molecule is Cc1ccc(-c2noc(CN3CCC(C(=O)N4CCN(c5cccc(Cl)c5)CC4)CC3)n2)cc1. The average molecular weight is 480 g/mol. The standard InChI is InChI=1S/C26H30ClN5O2/c1-19-5-7-20(8-6-19)25-28-24(34-29-25)18-30-11-9-21(10-12-30)26(33)32-15-13-31(14-16-32)23-4-2-3-22(27)17-23/h2-8,17,21H,9-16,18H2,1H3. The number of anilines is 1. The number of aromatic nitrogens is 2. The zero-order valence-corrected chi connectivity index (χ0v) is 20.2. The van der Waals surface area contributed by atoms with Gasteiger partial charge in [0.1, 0.15) is 0 Å². The Hall–Kier alpha value is -2.90. The summed E-state index contributed by atoms with van der Waals surface area (Å²) in [6.45, 7) is 7.60. The molecule has 0 saturated carbocycles. The molecule has 7 nitrogen and oxygen atoms in total. The zero-order valence-electron chi connectivity index (χ0n) is 19.5. The number of carbonyl (C=O) groups excluding carboxylic acids is 1. The Kier molecular flexibility index (Phi) is 6.83. The van der Waals surface area contributed by atoms with Crippen LogP contribution in [0.1, 0.15) is 24.3 Å². The third-order valence-electron chi connectivity index (χ3n) is 6.84. The lowest BCUT2D eigenvalue weighted by atomic mass is 9.95. The Bertz CT molecular complexity index is 1120. The molecule has 2 fully saturated rings. The van der Waals surface area contributed by atoms with E-state index in [1.165, 1.54) is 5.56 Å². The minimum Gasteiger partial charge on any atom is -0.368 e. The van der Waals surface area contributed by atoms with Crippen molar-refractivity contribution in [2.45, 2.75) is 26.3 Å². The number of benzene rings is 2. The molecular formula is C26H30ClN5O2. The topological polar surface area (TPSA) is 65.7 Å². The number of likely N-dealkylation sites (tertiary alicyclic amines) is 1. The highest BCUT2D eigenvalue weighted by atomic mass is 35.5. The fourth-order valence-electron chi connectivity index (χ4n) is 4.78. The first-order valence-corrected chi connectivity index (χ1v) is 12.3. The molecule has 0 N–H and O–H groups in total. The van der Waals surface area contributed by atoms with E-state index in [1.54, 1.807) is 0 Å². The van der Waals surface area contributed by atoms with E-state index in [0.29, 0.717) is 24.2 Å². The van der Waals surface area contributed by atoms with Crippen molar-refractivity contribution in [2.24, 2.45) is 5.92 Å². The van der Waals surface area contributed by atoms with Gasteiger partial charge < -0.3 is 14.3 Å². The van der Waals surface area contributed by atoms with Gasteiger partial charge in [0, 0.05) is 48.4 Å². The minimum absolute atomic E-state index is 0.0970. The van der Waals surface area contributed by atoms with Crippen molar-refractivity contribution in [3.05, 3.63) is 65.0 Å². The molecule has 0 atom stereocenters. The number of carbonyl (C=O) groups is 1. The molecule has 2 aliphatic heterocycles. The van der Waals surface area contributed by atoms with Gasteiger partial charge in [-0.25, -0.2) is 0 Å². The van der Waals surface area contributed by atoms with Gasteiger partial charge in [0.05, 0.1) is 6.54 Å². The minimum atomic E-state index is 0.0970.